The Morgan fingerprint density at radius 2 is 1.91 bits per heavy atom. The van der Waals surface area contributed by atoms with E-state index in [0.29, 0.717) is 6.04 Å². The lowest BCUT2D eigenvalue weighted by atomic mass is 10.0. The quantitative estimate of drug-likeness (QED) is 0.310. The van der Waals surface area contributed by atoms with E-state index in [2.05, 4.69) is 74.4 Å². The van der Waals surface area contributed by atoms with Gasteiger partial charge >= 0.3 is 0 Å². The van der Waals surface area contributed by atoms with Gasteiger partial charge in [-0.05, 0) is 55.8 Å². The normalized spacial score (nSPS) is 19.1. The minimum absolute atomic E-state index is 0.266. The van der Waals surface area contributed by atoms with Crippen molar-refractivity contribution in [2.75, 3.05) is 6.54 Å². The van der Waals surface area contributed by atoms with E-state index >= 15 is 0 Å². The average Bonchev–Trinajstić information content (AvgIpc) is 3.63. The molecule has 2 N–H and O–H groups in total. The lowest BCUT2D eigenvalue weighted by Crippen LogP contribution is -2.22. The van der Waals surface area contributed by atoms with E-state index < -0.39 is 0 Å². The fourth-order valence-electron chi connectivity index (χ4n) is 5.25. The first-order chi connectivity index (χ1) is 16.7. The molecular weight excluding hydrogens is 444 g/mol. The third-order valence-corrected chi connectivity index (χ3v) is 7.15. The summed E-state index contributed by atoms with van der Waals surface area (Å²) in [5, 5.41) is 5.34. The Hall–Kier alpha value is -3.54. The molecule has 5 aromatic rings. The zero-order valence-corrected chi connectivity index (χ0v) is 19.2. The fourth-order valence-corrected chi connectivity index (χ4v) is 5.43. The third-order valence-electron chi connectivity index (χ3n) is 6.91. The highest BCUT2D eigenvalue weighted by molar-refractivity contribution is 6.31. The predicted octanol–water partition coefficient (Wildman–Crippen LogP) is 6.72. The van der Waals surface area contributed by atoms with Gasteiger partial charge in [0.05, 0.1) is 29.1 Å². The number of hydrogen-bond donors (Lipinski definition) is 2. The number of fused-ring (bicyclic) bond motifs is 5. The van der Waals surface area contributed by atoms with E-state index in [9.17, 15) is 0 Å². The molecule has 2 aliphatic rings. The number of aromatic nitrogens is 3. The highest BCUT2D eigenvalue weighted by Crippen LogP contribution is 2.45. The van der Waals surface area contributed by atoms with Crippen LogP contribution in [0.5, 0.6) is 5.75 Å². The summed E-state index contributed by atoms with van der Waals surface area (Å²) in [6.45, 7) is 1.05. The largest absolute Gasteiger partial charge is 0.465 e. The van der Waals surface area contributed by atoms with E-state index in [-0.39, 0.29) is 6.23 Å². The van der Waals surface area contributed by atoms with Gasteiger partial charge < -0.3 is 19.6 Å². The molecule has 5 nitrogen and oxygen atoms in total. The van der Waals surface area contributed by atoms with Crippen molar-refractivity contribution in [1.29, 1.82) is 0 Å². The highest BCUT2D eigenvalue weighted by atomic mass is 35.5. The summed E-state index contributed by atoms with van der Waals surface area (Å²) in [5.41, 5.74) is 6.47. The standard InChI is InChI=1S/C28H23ClN4O/c29-20-9-11-24-19(13-20)14-25-21-10-8-18(23-16-31-27(32-23)22-7-4-12-30-22)15-26(21)34-28(33(24)25)17-5-2-1-3-6-17/h1-3,5-6,8-11,13-16,22,28,30H,4,7,12H2,(H,31,32)/t22-,28-/m0/s1. The number of benzene rings is 3. The van der Waals surface area contributed by atoms with E-state index in [1.807, 2.05) is 24.4 Å². The van der Waals surface area contributed by atoms with Crippen LogP contribution in [0.3, 0.4) is 0 Å². The second-order valence-corrected chi connectivity index (χ2v) is 9.46. The summed E-state index contributed by atoms with van der Waals surface area (Å²) in [7, 11) is 0. The van der Waals surface area contributed by atoms with Crippen LogP contribution >= 0.6 is 11.6 Å². The van der Waals surface area contributed by atoms with Crippen LogP contribution in [-0.4, -0.2) is 21.1 Å². The molecule has 2 aliphatic heterocycles. The van der Waals surface area contributed by atoms with Gasteiger partial charge in [-0.2, -0.15) is 0 Å². The van der Waals surface area contributed by atoms with Gasteiger partial charge in [0.1, 0.15) is 11.6 Å². The Kier molecular flexibility index (Phi) is 4.54. The van der Waals surface area contributed by atoms with Crippen molar-refractivity contribution in [3.63, 3.8) is 0 Å². The van der Waals surface area contributed by atoms with Crippen molar-refractivity contribution in [3.05, 3.63) is 95.4 Å². The van der Waals surface area contributed by atoms with Gasteiger partial charge in [-0.3, -0.25) is 0 Å². The van der Waals surface area contributed by atoms with Gasteiger partial charge in [0.25, 0.3) is 0 Å². The zero-order chi connectivity index (χ0) is 22.6. The monoisotopic (exact) mass is 466 g/mol. The molecule has 7 rings (SSSR count). The zero-order valence-electron chi connectivity index (χ0n) is 18.5. The minimum Gasteiger partial charge on any atom is -0.465 e. The van der Waals surface area contributed by atoms with Gasteiger partial charge in [0.15, 0.2) is 0 Å². The molecule has 0 bridgehead atoms. The van der Waals surface area contributed by atoms with Crippen LogP contribution < -0.4 is 10.1 Å². The molecule has 34 heavy (non-hydrogen) atoms. The minimum atomic E-state index is -0.266. The molecule has 6 heteroatoms. The average molecular weight is 467 g/mol. The van der Waals surface area contributed by atoms with Crippen LogP contribution in [0.15, 0.2) is 79.0 Å². The number of nitrogens with zero attached hydrogens (tertiary/aromatic N) is 2. The lowest BCUT2D eigenvalue weighted by molar-refractivity contribution is 0.173. The molecular formula is C28H23ClN4O. The molecule has 3 aromatic carbocycles. The number of imidazole rings is 1. The summed E-state index contributed by atoms with van der Waals surface area (Å²) in [4.78, 5) is 8.17. The van der Waals surface area contributed by atoms with E-state index in [4.69, 9.17) is 16.3 Å². The highest BCUT2D eigenvalue weighted by Gasteiger charge is 2.29. The molecule has 0 unspecified atom stereocenters. The van der Waals surface area contributed by atoms with Gasteiger partial charge in [-0.1, -0.05) is 48.0 Å². The first kappa shape index (κ1) is 19.9. The van der Waals surface area contributed by atoms with Crippen molar-refractivity contribution in [2.45, 2.75) is 25.1 Å². The maximum Gasteiger partial charge on any atom is 0.203 e. The maximum absolute atomic E-state index is 6.69. The summed E-state index contributed by atoms with van der Waals surface area (Å²) in [5.74, 6) is 1.87. The first-order valence-corrected chi connectivity index (χ1v) is 12.1. The molecule has 0 amide bonds. The second kappa shape index (κ2) is 7.76. The number of rotatable bonds is 3. The second-order valence-electron chi connectivity index (χ2n) is 9.03. The maximum atomic E-state index is 6.69. The summed E-state index contributed by atoms with van der Waals surface area (Å²) >= 11 is 6.32. The van der Waals surface area contributed by atoms with Gasteiger partial charge in [-0.15, -0.1) is 0 Å². The Labute approximate surface area is 202 Å². The van der Waals surface area contributed by atoms with Crippen molar-refractivity contribution in [3.8, 4) is 28.3 Å². The number of H-pyrrole nitrogens is 1. The Morgan fingerprint density at radius 1 is 1.00 bits per heavy atom. The van der Waals surface area contributed by atoms with Gasteiger partial charge in [-0.25, -0.2) is 4.98 Å². The smallest absolute Gasteiger partial charge is 0.203 e. The summed E-state index contributed by atoms with van der Waals surface area (Å²) in [6, 6.07) is 25.3. The van der Waals surface area contributed by atoms with Crippen molar-refractivity contribution < 1.29 is 4.74 Å². The van der Waals surface area contributed by atoms with Crippen molar-refractivity contribution >= 4 is 22.5 Å². The predicted molar refractivity (Wildman–Crippen MR) is 135 cm³/mol. The Balaban J connectivity index is 1.36. The van der Waals surface area contributed by atoms with Crippen LogP contribution in [0.2, 0.25) is 5.02 Å². The number of hydrogen-bond acceptors (Lipinski definition) is 3. The number of halogens is 1. The van der Waals surface area contributed by atoms with Crippen molar-refractivity contribution in [2.24, 2.45) is 0 Å². The molecule has 2 atom stereocenters. The lowest BCUT2D eigenvalue weighted by Gasteiger charge is -2.30. The summed E-state index contributed by atoms with van der Waals surface area (Å²) in [6.07, 6.45) is 3.96. The third kappa shape index (κ3) is 3.16. The van der Waals surface area contributed by atoms with Crippen LogP contribution in [0.1, 0.15) is 36.5 Å². The van der Waals surface area contributed by atoms with Gasteiger partial charge in [0.2, 0.25) is 6.23 Å². The molecule has 0 spiro atoms. The van der Waals surface area contributed by atoms with Gasteiger partial charge in [0, 0.05) is 27.1 Å². The van der Waals surface area contributed by atoms with E-state index in [1.54, 1.807) is 0 Å². The number of nitrogens with one attached hydrogen (secondary N) is 2. The first-order valence-electron chi connectivity index (χ1n) is 11.7. The van der Waals surface area contributed by atoms with Crippen LogP contribution in [-0.2, 0) is 0 Å². The molecule has 1 fully saturated rings. The van der Waals surface area contributed by atoms with Crippen LogP contribution in [0, 0.1) is 0 Å². The molecule has 168 valence electrons. The van der Waals surface area contributed by atoms with E-state index in [0.717, 1.165) is 68.5 Å². The fraction of sp³-hybridized carbons (Fsp3) is 0.179. The molecule has 1 saturated heterocycles. The Morgan fingerprint density at radius 3 is 2.76 bits per heavy atom. The Bertz CT molecular complexity index is 1510. The molecule has 0 saturated carbocycles. The SMILES string of the molecule is Clc1ccc2c(c1)cc1n2[C@H](c2ccccc2)Oc2cc(-c3cnc([C@@H]4CCCN4)[nH]3)ccc2-1. The molecule has 2 aromatic heterocycles. The van der Waals surface area contributed by atoms with E-state index in [1.165, 1.54) is 6.42 Å². The molecule has 0 aliphatic carbocycles. The van der Waals surface area contributed by atoms with Crippen molar-refractivity contribution in [1.82, 2.24) is 19.9 Å². The molecule has 4 heterocycles. The topological polar surface area (TPSA) is 54.9 Å². The number of ether oxygens (including phenoxy) is 1. The van der Waals surface area contributed by atoms with Crippen LogP contribution in [0.4, 0.5) is 0 Å². The summed E-state index contributed by atoms with van der Waals surface area (Å²) < 4.78 is 8.96. The van der Waals surface area contributed by atoms with Crippen LogP contribution in [0.25, 0.3) is 33.4 Å². The number of aromatic amines is 1. The molecule has 0 radical (unpaired) electrons.